The van der Waals surface area contributed by atoms with Crippen molar-refractivity contribution in [2.45, 2.75) is 52.4 Å². The van der Waals surface area contributed by atoms with Crippen LogP contribution in [0.15, 0.2) is 30.8 Å². The summed E-state index contributed by atoms with van der Waals surface area (Å²) in [6.45, 7) is 3.95. The summed E-state index contributed by atoms with van der Waals surface area (Å²) >= 11 is 0.688. The first-order valence-electron chi connectivity index (χ1n) is 7.43. The first-order chi connectivity index (χ1) is 9.50. The van der Waals surface area contributed by atoms with Crippen LogP contribution in [-0.4, -0.2) is 11.6 Å². The normalized spacial score (nSPS) is 21.9. The van der Waals surface area contributed by atoms with Crippen LogP contribution < -0.4 is 0 Å². The third-order valence-corrected chi connectivity index (χ3v) is 6.47. The fourth-order valence-corrected chi connectivity index (χ4v) is 4.25. The Morgan fingerprint density at radius 2 is 1.80 bits per heavy atom. The molecule has 0 aromatic rings. The number of Topliss-reactive ketones (excluding diaryl/α,β-unsaturated/α-hetero) is 1. The molecule has 2 rings (SSSR count). The molecule has 0 N–H and O–H groups in total. The van der Waals surface area contributed by atoms with Crippen LogP contribution in [0.2, 0.25) is 0 Å². The fourth-order valence-electron chi connectivity index (χ4n) is 2.99. The van der Waals surface area contributed by atoms with E-state index in [0.29, 0.717) is 51.6 Å². The zero-order valence-corrected chi connectivity index (χ0v) is 16.0. The van der Waals surface area contributed by atoms with E-state index in [1.807, 2.05) is 19.9 Å². The molecule has 0 aliphatic heterocycles. The molecule has 0 atom stereocenters. The molecule has 104 valence electrons. The molecule has 1 fully saturated rings. The second-order valence-corrected chi connectivity index (χ2v) is 8.06. The van der Waals surface area contributed by atoms with Crippen molar-refractivity contribution >= 4 is 11.6 Å². The monoisotopic (exact) mass is 396 g/mol. The van der Waals surface area contributed by atoms with E-state index < -0.39 is 0 Å². The predicted molar refractivity (Wildman–Crippen MR) is 75.7 cm³/mol. The summed E-state index contributed by atoms with van der Waals surface area (Å²) in [4.78, 5) is 24.5. The zero-order valence-electron chi connectivity index (χ0n) is 12.4. The summed E-state index contributed by atoms with van der Waals surface area (Å²) < 4.78 is 1.25. The Labute approximate surface area is 143 Å². The van der Waals surface area contributed by atoms with E-state index in [0.717, 1.165) is 5.57 Å². The molecule has 0 unspecified atom stereocenters. The maximum absolute atomic E-state index is 12.3. The maximum atomic E-state index is 12.3. The van der Waals surface area contributed by atoms with Gasteiger partial charge in [-0.2, -0.15) is 0 Å². The van der Waals surface area contributed by atoms with Crippen molar-refractivity contribution in [2.75, 3.05) is 0 Å². The molecule has 3 heteroatoms. The van der Waals surface area contributed by atoms with Crippen LogP contribution >= 0.6 is 0 Å². The molecule has 0 amide bonds. The molecule has 0 bridgehead atoms. The van der Waals surface area contributed by atoms with Crippen LogP contribution in [-0.2, 0) is 9.59 Å². The van der Waals surface area contributed by atoms with Crippen molar-refractivity contribution in [1.82, 2.24) is 0 Å². The van der Waals surface area contributed by atoms with Gasteiger partial charge in [-0.1, -0.05) is 0 Å². The Kier molecular flexibility index (Phi) is 5.77. The summed E-state index contributed by atoms with van der Waals surface area (Å²) in [6.07, 6.45) is 10.3. The van der Waals surface area contributed by atoms with Gasteiger partial charge in [0, 0.05) is 0 Å². The third-order valence-electron chi connectivity index (χ3n) is 4.47. The van der Waals surface area contributed by atoms with Crippen molar-refractivity contribution in [2.24, 2.45) is 5.92 Å². The number of carbonyl (C=O) groups is 2. The van der Waals surface area contributed by atoms with Crippen molar-refractivity contribution in [3.8, 4) is 0 Å². The van der Waals surface area contributed by atoms with Gasteiger partial charge >= 0.3 is 144 Å². The minimum atomic E-state index is -0.0880. The quantitative estimate of drug-likeness (QED) is 0.537. The Hall–Kier alpha value is -0.245. The molecule has 0 aromatic carbocycles. The van der Waals surface area contributed by atoms with Crippen LogP contribution in [0.3, 0.4) is 0 Å². The number of allylic oxidation sites excluding steroid dienone is 6. The van der Waals surface area contributed by atoms with Gasteiger partial charge in [-0.05, 0) is 0 Å². The first-order valence-corrected chi connectivity index (χ1v) is 9.24. The minimum absolute atomic E-state index is 0.0175. The van der Waals surface area contributed by atoms with E-state index in [9.17, 15) is 9.59 Å². The molecule has 0 radical (unpaired) electrons. The van der Waals surface area contributed by atoms with E-state index in [1.165, 1.54) is 39.7 Å². The van der Waals surface area contributed by atoms with Gasteiger partial charge in [-0.15, -0.1) is 0 Å². The average molecular weight is 396 g/mol. The van der Waals surface area contributed by atoms with Crippen LogP contribution in [0.4, 0.5) is 0 Å². The van der Waals surface area contributed by atoms with Gasteiger partial charge in [-0.25, -0.2) is 0 Å². The summed E-state index contributed by atoms with van der Waals surface area (Å²) in [7, 11) is 0. The van der Waals surface area contributed by atoms with Gasteiger partial charge in [0.15, 0.2) is 0 Å². The van der Waals surface area contributed by atoms with Gasteiger partial charge in [0.05, 0.1) is 0 Å². The Bertz CT molecular complexity index is 517. The van der Waals surface area contributed by atoms with Gasteiger partial charge in [0.2, 0.25) is 0 Å². The molecule has 20 heavy (non-hydrogen) atoms. The number of ketones is 2. The average Bonchev–Trinajstić information content (AvgIpc) is 2.44. The zero-order chi connectivity index (χ0) is 14.7. The van der Waals surface area contributed by atoms with E-state index in [-0.39, 0.29) is 11.6 Å². The molecule has 2 aliphatic rings. The van der Waals surface area contributed by atoms with Crippen molar-refractivity contribution in [3.05, 3.63) is 30.8 Å². The fraction of sp³-hybridized carbons (Fsp3) is 0.529. The molecule has 1 saturated carbocycles. The molecule has 0 heterocycles. The van der Waals surface area contributed by atoms with Gasteiger partial charge in [0.25, 0.3) is 0 Å². The Balaban J connectivity index is 2.15. The summed E-state index contributed by atoms with van der Waals surface area (Å²) in [6, 6.07) is 0. The molecule has 0 saturated heterocycles. The molecule has 2 nitrogen and oxygen atoms in total. The summed E-state index contributed by atoms with van der Waals surface area (Å²) in [5.41, 5.74) is 2.50. The third kappa shape index (κ3) is 3.69. The van der Waals surface area contributed by atoms with Crippen molar-refractivity contribution < 1.29 is 43.3 Å². The topological polar surface area (TPSA) is 34.1 Å². The molecular weight excluding hydrogens is 375 g/mol. The molecule has 2 aliphatic carbocycles. The first kappa shape index (κ1) is 16.1. The van der Waals surface area contributed by atoms with Crippen molar-refractivity contribution in [3.63, 3.8) is 0 Å². The van der Waals surface area contributed by atoms with E-state index in [2.05, 4.69) is 0 Å². The van der Waals surface area contributed by atoms with Crippen LogP contribution in [0, 0.1) is 39.6 Å². The van der Waals surface area contributed by atoms with Crippen LogP contribution in [0.1, 0.15) is 52.4 Å². The summed E-state index contributed by atoms with van der Waals surface area (Å²) in [5, 5.41) is 0. The van der Waals surface area contributed by atoms with E-state index in [1.54, 1.807) is 6.08 Å². The number of hydrogen-bond acceptors (Lipinski definition) is 2. The second kappa shape index (κ2) is 7.15. The predicted octanol–water partition coefficient (Wildman–Crippen LogP) is 3.80. The van der Waals surface area contributed by atoms with Gasteiger partial charge in [-0.3, -0.25) is 0 Å². The van der Waals surface area contributed by atoms with E-state index >= 15 is 0 Å². The van der Waals surface area contributed by atoms with E-state index in [4.69, 9.17) is 0 Å². The molecular formula is C17H21LaO2. The van der Waals surface area contributed by atoms with Gasteiger partial charge in [0.1, 0.15) is 0 Å². The number of carbonyl (C=O) groups excluding carboxylic acids is 2. The Morgan fingerprint density at radius 3 is 2.45 bits per heavy atom. The van der Waals surface area contributed by atoms with Crippen molar-refractivity contribution in [1.29, 1.82) is 0 Å². The van der Waals surface area contributed by atoms with Crippen LogP contribution in [0.25, 0.3) is 0 Å². The molecule has 0 aromatic heterocycles. The molecule has 0 spiro atoms. The van der Waals surface area contributed by atoms with Crippen LogP contribution in [0.5, 0.6) is 0 Å². The number of rotatable bonds is 3. The standard InChI is InChI=1S/C17H21O2.La/c1-12-8-10-15(18)17(13(12)2)16(19)11-9-14-6-4-3-5-7-14;/h9,11,14H,3-7,10H2,1-2H3;/b11-9+;. The summed E-state index contributed by atoms with van der Waals surface area (Å²) in [5.74, 6) is 0.457. The SMILES string of the molecule is CC1=[C]([La])CC(=O)C(C(=O)/C=C/C2CCCCC2)=C1C. The van der Waals surface area contributed by atoms with Gasteiger partial charge < -0.3 is 0 Å². The number of hydrogen-bond donors (Lipinski definition) is 0. The Morgan fingerprint density at radius 1 is 1.15 bits per heavy atom. The second-order valence-electron chi connectivity index (χ2n) is 5.87.